The molecule has 2 aromatic carbocycles. The van der Waals surface area contributed by atoms with Crippen LogP contribution in [-0.4, -0.2) is 43.0 Å². The van der Waals surface area contributed by atoms with Crippen molar-refractivity contribution in [2.24, 2.45) is 0 Å². The molecular weight excluding hydrogens is 440 g/mol. The van der Waals surface area contributed by atoms with Crippen LogP contribution in [-0.2, 0) is 11.3 Å². The van der Waals surface area contributed by atoms with Crippen LogP contribution in [0.4, 0.5) is 0 Å². The number of nitrogens with zero attached hydrogens (tertiary/aromatic N) is 6. The van der Waals surface area contributed by atoms with E-state index >= 15 is 0 Å². The Bertz CT molecular complexity index is 1490. The van der Waals surface area contributed by atoms with Gasteiger partial charge >= 0.3 is 0 Å². The Hall–Kier alpha value is -4.30. The molecule has 6 rings (SSSR count). The summed E-state index contributed by atoms with van der Waals surface area (Å²) in [5.41, 5.74) is 5.71. The van der Waals surface area contributed by atoms with Crippen molar-refractivity contribution in [2.75, 3.05) is 13.7 Å². The molecule has 0 aliphatic carbocycles. The van der Waals surface area contributed by atoms with Crippen LogP contribution in [0, 0.1) is 6.92 Å². The Balaban J connectivity index is 1.35. The molecule has 4 heterocycles. The summed E-state index contributed by atoms with van der Waals surface area (Å²) in [6, 6.07) is 22.6. The Labute approximate surface area is 202 Å². The lowest BCUT2D eigenvalue weighted by Gasteiger charge is -2.23. The van der Waals surface area contributed by atoms with E-state index in [9.17, 15) is 0 Å². The van der Waals surface area contributed by atoms with Gasteiger partial charge in [0.25, 0.3) is 0 Å². The molecule has 0 fully saturated rings. The molecule has 3 aromatic heterocycles. The molecule has 0 N–H and O–H groups in total. The van der Waals surface area contributed by atoms with Gasteiger partial charge in [-0.3, -0.25) is 0 Å². The molecule has 35 heavy (non-hydrogen) atoms. The van der Waals surface area contributed by atoms with Crippen molar-refractivity contribution in [1.29, 1.82) is 0 Å². The predicted octanol–water partition coefficient (Wildman–Crippen LogP) is 4.63. The van der Waals surface area contributed by atoms with Gasteiger partial charge in [0, 0.05) is 6.20 Å². The molecule has 174 valence electrons. The van der Waals surface area contributed by atoms with Gasteiger partial charge in [0.15, 0.2) is 11.6 Å². The number of fused-ring (bicyclic) bond motifs is 1. The van der Waals surface area contributed by atoms with Crippen molar-refractivity contribution in [3.8, 4) is 34.2 Å². The van der Waals surface area contributed by atoms with E-state index in [-0.39, 0.29) is 6.10 Å². The second kappa shape index (κ2) is 8.81. The standard InChI is InChI=1S/C27H24N6O2/c1-18-16-32(17-28-18)23-12-11-22(29-27(23)34-2)25-30-26-24(35-14-13-33(26)31-25)21-10-6-9-20(15-21)19-7-4-3-5-8-19/h3-12,15-17,24H,13-14H2,1-2H3/t24-/m1/s1. The number of rotatable bonds is 5. The van der Waals surface area contributed by atoms with Crippen LogP contribution < -0.4 is 4.74 Å². The van der Waals surface area contributed by atoms with E-state index in [1.54, 1.807) is 13.4 Å². The number of aryl methyl sites for hydroxylation is 1. The molecule has 0 amide bonds. The van der Waals surface area contributed by atoms with Gasteiger partial charge in [0.05, 0.1) is 32.3 Å². The van der Waals surface area contributed by atoms with Gasteiger partial charge in [-0.25, -0.2) is 19.6 Å². The molecule has 1 aliphatic heterocycles. The maximum atomic E-state index is 6.18. The molecule has 0 radical (unpaired) electrons. The van der Waals surface area contributed by atoms with Gasteiger partial charge in [-0.1, -0.05) is 48.5 Å². The topological polar surface area (TPSA) is 79.9 Å². The van der Waals surface area contributed by atoms with E-state index in [1.807, 2.05) is 52.7 Å². The molecule has 0 unspecified atom stereocenters. The third kappa shape index (κ3) is 3.98. The average molecular weight is 465 g/mol. The smallest absolute Gasteiger partial charge is 0.238 e. The molecule has 0 saturated heterocycles. The molecule has 1 atom stereocenters. The first-order valence-corrected chi connectivity index (χ1v) is 11.5. The maximum absolute atomic E-state index is 6.18. The highest BCUT2D eigenvalue weighted by atomic mass is 16.5. The summed E-state index contributed by atoms with van der Waals surface area (Å²) >= 11 is 0. The maximum Gasteiger partial charge on any atom is 0.238 e. The van der Waals surface area contributed by atoms with E-state index in [1.165, 1.54) is 0 Å². The summed E-state index contributed by atoms with van der Waals surface area (Å²) in [5.74, 6) is 1.80. The number of hydrogen-bond acceptors (Lipinski definition) is 6. The lowest BCUT2D eigenvalue weighted by Crippen LogP contribution is -2.23. The molecular formula is C27H24N6O2. The zero-order valence-electron chi connectivity index (χ0n) is 19.5. The van der Waals surface area contributed by atoms with Crippen LogP contribution in [0.5, 0.6) is 5.88 Å². The van der Waals surface area contributed by atoms with E-state index in [0.29, 0.717) is 30.5 Å². The molecule has 8 heteroatoms. The first-order valence-electron chi connectivity index (χ1n) is 11.5. The van der Waals surface area contributed by atoms with Crippen molar-refractivity contribution in [2.45, 2.75) is 19.6 Å². The van der Waals surface area contributed by atoms with Gasteiger partial charge in [0.2, 0.25) is 5.88 Å². The van der Waals surface area contributed by atoms with Crippen molar-refractivity contribution in [3.05, 3.63) is 96.3 Å². The zero-order valence-corrected chi connectivity index (χ0v) is 19.5. The Morgan fingerprint density at radius 3 is 2.63 bits per heavy atom. The van der Waals surface area contributed by atoms with E-state index < -0.39 is 0 Å². The fraction of sp³-hybridized carbons (Fsp3) is 0.185. The summed E-state index contributed by atoms with van der Waals surface area (Å²) in [5, 5.41) is 4.75. The van der Waals surface area contributed by atoms with Gasteiger partial charge < -0.3 is 14.0 Å². The molecule has 0 saturated carbocycles. The highest BCUT2D eigenvalue weighted by Crippen LogP contribution is 2.33. The molecule has 0 spiro atoms. The predicted molar refractivity (Wildman–Crippen MR) is 131 cm³/mol. The SMILES string of the molecule is COc1nc(-c2nc3n(n2)CCO[C@@H]3c2cccc(-c3ccccc3)c2)ccc1-n1cnc(C)c1. The summed E-state index contributed by atoms with van der Waals surface area (Å²) in [7, 11) is 1.61. The highest BCUT2D eigenvalue weighted by molar-refractivity contribution is 5.64. The normalized spacial score (nSPS) is 15.1. The third-order valence-corrected chi connectivity index (χ3v) is 6.07. The molecule has 0 bridgehead atoms. The number of hydrogen-bond donors (Lipinski definition) is 0. The van der Waals surface area contributed by atoms with E-state index in [4.69, 9.17) is 24.5 Å². The minimum atomic E-state index is -0.302. The number of ether oxygens (including phenoxy) is 2. The number of pyridine rings is 1. The second-order valence-electron chi connectivity index (χ2n) is 8.41. The first kappa shape index (κ1) is 21.2. The summed E-state index contributed by atoms with van der Waals surface area (Å²) in [4.78, 5) is 13.8. The quantitative estimate of drug-likeness (QED) is 0.377. The average Bonchev–Trinajstić information content (AvgIpc) is 3.55. The Kier molecular flexibility index (Phi) is 5.35. The Morgan fingerprint density at radius 1 is 0.971 bits per heavy atom. The fourth-order valence-corrected chi connectivity index (χ4v) is 4.37. The lowest BCUT2D eigenvalue weighted by molar-refractivity contribution is 0.0390. The molecule has 1 aliphatic rings. The largest absolute Gasteiger partial charge is 0.479 e. The van der Waals surface area contributed by atoms with Crippen LogP contribution in [0.1, 0.15) is 23.2 Å². The second-order valence-corrected chi connectivity index (χ2v) is 8.41. The lowest BCUT2D eigenvalue weighted by atomic mass is 10.00. The third-order valence-electron chi connectivity index (χ3n) is 6.07. The van der Waals surface area contributed by atoms with Crippen molar-refractivity contribution in [3.63, 3.8) is 0 Å². The number of benzene rings is 2. The number of imidazole rings is 1. The minimum absolute atomic E-state index is 0.302. The summed E-state index contributed by atoms with van der Waals surface area (Å²) in [6.45, 7) is 3.14. The molecule has 8 nitrogen and oxygen atoms in total. The van der Waals surface area contributed by atoms with Crippen LogP contribution in [0.15, 0.2) is 79.3 Å². The van der Waals surface area contributed by atoms with Gasteiger partial charge in [0.1, 0.15) is 17.5 Å². The first-order chi connectivity index (χ1) is 17.2. The van der Waals surface area contributed by atoms with Gasteiger partial charge in [-0.2, -0.15) is 0 Å². The van der Waals surface area contributed by atoms with Gasteiger partial charge in [-0.15, -0.1) is 5.10 Å². The fourth-order valence-electron chi connectivity index (χ4n) is 4.37. The van der Waals surface area contributed by atoms with Crippen LogP contribution in [0.3, 0.4) is 0 Å². The molecule has 5 aromatic rings. The van der Waals surface area contributed by atoms with Crippen LogP contribution in [0.25, 0.3) is 28.3 Å². The zero-order chi connectivity index (χ0) is 23.8. The van der Waals surface area contributed by atoms with E-state index in [0.717, 1.165) is 33.9 Å². The monoisotopic (exact) mass is 464 g/mol. The van der Waals surface area contributed by atoms with Crippen LogP contribution >= 0.6 is 0 Å². The van der Waals surface area contributed by atoms with E-state index in [2.05, 4.69) is 41.4 Å². The minimum Gasteiger partial charge on any atom is -0.479 e. The Morgan fingerprint density at radius 2 is 1.83 bits per heavy atom. The number of aromatic nitrogens is 6. The highest BCUT2D eigenvalue weighted by Gasteiger charge is 2.28. The van der Waals surface area contributed by atoms with Crippen molar-refractivity contribution in [1.82, 2.24) is 29.3 Å². The van der Waals surface area contributed by atoms with Gasteiger partial charge in [-0.05, 0) is 41.8 Å². The van der Waals surface area contributed by atoms with Crippen LogP contribution in [0.2, 0.25) is 0 Å². The summed E-state index contributed by atoms with van der Waals surface area (Å²) < 4.78 is 15.6. The number of methoxy groups -OCH3 is 1. The van der Waals surface area contributed by atoms with Crippen molar-refractivity contribution >= 4 is 0 Å². The van der Waals surface area contributed by atoms with Crippen molar-refractivity contribution < 1.29 is 9.47 Å². The summed E-state index contributed by atoms with van der Waals surface area (Å²) in [6.07, 6.45) is 3.37.